The first-order valence-corrected chi connectivity index (χ1v) is 7.27. The molecule has 2 aromatic carbocycles. The molecule has 0 heterocycles. The van der Waals surface area contributed by atoms with Gasteiger partial charge in [-0.15, -0.1) is 0 Å². The number of nitrogens with zero attached hydrogens (tertiary/aromatic N) is 1. The van der Waals surface area contributed by atoms with E-state index < -0.39 is 6.09 Å². The molecule has 0 aliphatic rings. The van der Waals surface area contributed by atoms with E-state index in [9.17, 15) is 4.79 Å². The van der Waals surface area contributed by atoms with E-state index >= 15 is 0 Å². The second kappa shape index (κ2) is 6.91. The molecule has 0 aromatic heterocycles. The van der Waals surface area contributed by atoms with Crippen LogP contribution in [0.25, 0.3) is 0 Å². The number of nitrogens with two attached hydrogens (primary N) is 1. The van der Waals surface area contributed by atoms with Crippen LogP contribution in [0.15, 0.2) is 42.5 Å². The minimum absolute atomic E-state index is 0.317. The minimum Gasteiger partial charge on any atom is -0.465 e. The van der Waals surface area contributed by atoms with Gasteiger partial charge >= 0.3 is 6.09 Å². The Labute approximate surface area is 135 Å². The molecule has 0 saturated carbocycles. The highest BCUT2D eigenvalue weighted by atomic mass is 16.5. The maximum atomic E-state index is 11.1. The quantitative estimate of drug-likeness (QED) is 0.726. The van der Waals surface area contributed by atoms with Gasteiger partial charge in [0, 0.05) is 30.9 Å². The predicted octanol–water partition coefficient (Wildman–Crippen LogP) is 4.00. The van der Waals surface area contributed by atoms with Gasteiger partial charge in [-0.25, -0.2) is 4.79 Å². The standard InChI is InChI=1S/C17H21N3O3/c1-11(2)19-12-5-4-6-13(9-12)23-14-7-8-15(18)16(10-14)20(3)17(21)22/h4-11,19H,18H2,1-3H3,(H,21,22). The van der Waals surface area contributed by atoms with Crippen LogP contribution < -0.4 is 20.7 Å². The van der Waals surface area contributed by atoms with Crippen LogP contribution in [0.4, 0.5) is 21.9 Å². The summed E-state index contributed by atoms with van der Waals surface area (Å²) in [6.07, 6.45) is -1.09. The number of amides is 1. The first-order valence-electron chi connectivity index (χ1n) is 7.27. The van der Waals surface area contributed by atoms with Gasteiger partial charge in [0.2, 0.25) is 0 Å². The molecule has 6 nitrogen and oxygen atoms in total. The smallest absolute Gasteiger partial charge is 0.411 e. The lowest BCUT2D eigenvalue weighted by atomic mass is 10.2. The van der Waals surface area contributed by atoms with Crippen molar-refractivity contribution in [3.8, 4) is 11.5 Å². The minimum atomic E-state index is -1.09. The van der Waals surface area contributed by atoms with Crippen molar-refractivity contribution in [2.45, 2.75) is 19.9 Å². The molecule has 0 atom stereocenters. The summed E-state index contributed by atoms with van der Waals surface area (Å²) in [6.45, 7) is 4.11. The summed E-state index contributed by atoms with van der Waals surface area (Å²) in [5, 5.41) is 12.4. The fourth-order valence-electron chi connectivity index (χ4n) is 2.10. The van der Waals surface area contributed by atoms with Crippen molar-refractivity contribution in [2.24, 2.45) is 0 Å². The highest BCUT2D eigenvalue weighted by Gasteiger charge is 2.13. The van der Waals surface area contributed by atoms with Crippen molar-refractivity contribution in [3.05, 3.63) is 42.5 Å². The van der Waals surface area contributed by atoms with Crippen LogP contribution in [-0.2, 0) is 0 Å². The van der Waals surface area contributed by atoms with Gasteiger partial charge in [-0.05, 0) is 38.1 Å². The Balaban J connectivity index is 2.23. The molecule has 0 aliphatic heterocycles. The first kappa shape index (κ1) is 16.5. The summed E-state index contributed by atoms with van der Waals surface area (Å²) in [5.41, 5.74) is 7.54. The number of rotatable bonds is 5. The van der Waals surface area contributed by atoms with Crippen molar-refractivity contribution in [1.82, 2.24) is 0 Å². The molecule has 0 saturated heterocycles. The summed E-state index contributed by atoms with van der Waals surface area (Å²) in [5.74, 6) is 1.17. The van der Waals surface area contributed by atoms with Crippen LogP contribution in [0, 0.1) is 0 Å². The summed E-state index contributed by atoms with van der Waals surface area (Å²) in [7, 11) is 1.44. The van der Waals surface area contributed by atoms with Crippen molar-refractivity contribution in [3.63, 3.8) is 0 Å². The molecule has 23 heavy (non-hydrogen) atoms. The Kier molecular flexibility index (Phi) is 4.95. The molecule has 2 rings (SSSR count). The van der Waals surface area contributed by atoms with Gasteiger partial charge in [0.25, 0.3) is 0 Å². The molecule has 6 heteroatoms. The molecule has 4 N–H and O–H groups in total. The Morgan fingerprint density at radius 1 is 1.22 bits per heavy atom. The van der Waals surface area contributed by atoms with Gasteiger partial charge in [-0.3, -0.25) is 4.90 Å². The Hall–Kier alpha value is -2.89. The number of carboxylic acid groups (broad SMARTS) is 1. The second-order valence-electron chi connectivity index (χ2n) is 5.49. The summed E-state index contributed by atoms with van der Waals surface area (Å²) < 4.78 is 5.81. The van der Waals surface area contributed by atoms with Gasteiger partial charge in [0.05, 0.1) is 11.4 Å². The number of ether oxygens (including phenoxy) is 1. The maximum absolute atomic E-state index is 11.1. The van der Waals surface area contributed by atoms with E-state index in [-0.39, 0.29) is 0 Å². The Morgan fingerprint density at radius 2 is 1.91 bits per heavy atom. The molecular formula is C17H21N3O3. The molecule has 0 aliphatic carbocycles. The van der Waals surface area contributed by atoms with Crippen LogP contribution in [-0.4, -0.2) is 24.3 Å². The van der Waals surface area contributed by atoms with E-state index in [1.807, 2.05) is 24.3 Å². The van der Waals surface area contributed by atoms with E-state index in [2.05, 4.69) is 19.2 Å². The average Bonchev–Trinajstić information content (AvgIpc) is 2.48. The predicted molar refractivity (Wildman–Crippen MR) is 92.6 cm³/mol. The van der Waals surface area contributed by atoms with Crippen LogP contribution >= 0.6 is 0 Å². The number of benzene rings is 2. The van der Waals surface area contributed by atoms with Crippen molar-refractivity contribution in [2.75, 3.05) is 23.0 Å². The zero-order valence-corrected chi connectivity index (χ0v) is 13.4. The SMILES string of the molecule is CC(C)Nc1cccc(Oc2ccc(N)c(N(C)C(=O)O)c2)c1. The molecule has 2 aromatic rings. The third-order valence-corrected chi connectivity index (χ3v) is 3.18. The zero-order chi connectivity index (χ0) is 17.0. The van der Waals surface area contributed by atoms with Crippen molar-refractivity contribution in [1.29, 1.82) is 0 Å². The maximum Gasteiger partial charge on any atom is 0.411 e. The van der Waals surface area contributed by atoms with Crippen LogP contribution in [0.3, 0.4) is 0 Å². The number of nitrogen functional groups attached to an aromatic ring is 1. The van der Waals surface area contributed by atoms with E-state index in [1.54, 1.807) is 18.2 Å². The molecule has 0 unspecified atom stereocenters. The number of hydrogen-bond donors (Lipinski definition) is 3. The first-order chi connectivity index (χ1) is 10.9. The average molecular weight is 315 g/mol. The largest absolute Gasteiger partial charge is 0.465 e. The number of carbonyl (C=O) groups is 1. The monoisotopic (exact) mass is 315 g/mol. The third kappa shape index (κ3) is 4.29. The lowest BCUT2D eigenvalue weighted by Crippen LogP contribution is -2.24. The van der Waals surface area contributed by atoms with Crippen LogP contribution in [0.1, 0.15) is 13.8 Å². The van der Waals surface area contributed by atoms with Gasteiger partial charge in [0.15, 0.2) is 0 Å². The van der Waals surface area contributed by atoms with E-state index in [1.165, 1.54) is 7.05 Å². The Morgan fingerprint density at radius 3 is 2.57 bits per heavy atom. The number of nitrogens with one attached hydrogen (secondary N) is 1. The zero-order valence-electron chi connectivity index (χ0n) is 13.4. The lowest BCUT2D eigenvalue weighted by Gasteiger charge is -2.17. The molecule has 0 radical (unpaired) electrons. The molecular weight excluding hydrogens is 294 g/mol. The van der Waals surface area contributed by atoms with Crippen LogP contribution in [0.2, 0.25) is 0 Å². The summed E-state index contributed by atoms with van der Waals surface area (Å²) >= 11 is 0. The van der Waals surface area contributed by atoms with E-state index in [4.69, 9.17) is 15.6 Å². The van der Waals surface area contributed by atoms with Gasteiger partial charge < -0.3 is 20.9 Å². The molecule has 1 amide bonds. The van der Waals surface area contributed by atoms with Gasteiger partial charge in [-0.2, -0.15) is 0 Å². The Bertz CT molecular complexity index is 701. The molecule has 0 fully saturated rings. The van der Waals surface area contributed by atoms with E-state index in [0.717, 1.165) is 10.6 Å². The van der Waals surface area contributed by atoms with E-state index in [0.29, 0.717) is 28.9 Å². The molecule has 122 valence electrons. The summed E-state index contributed by atoms with van der Waals surface area (Å²) in [6, 6.07) is 12.8. The normalized spacial score (nSPS) is 10.4. The van der Waals surface area contributed by atoms with Gasteiger partial charge in [-0.1, -0.05) is 6.07 Å². The van der Waals surface area contributed by atoms with Crippen molar-refractivity contribution >= 4 is 23.2 Å². The van der Waals surface area contributed by atoms with Gasteiger partial charge in [0.1, 0.15) is 11.5 Å². The number of hydrogen-bond acceptors (Lipinski definition) is 4. The van der Waals surface area contributed by atoms with Crippen LogP contribution in [0.5, 0.6) is 11.5 Å². The van der Waals surface area contributed by atoms with Crippen molar-refractivity contribution < 1.29 is 14.6 Å². The fraction of sp³-hybridized carbons (Fsp3) is 0.235. The molecule has 0 bridgehead atoms. The highest BCUT2D eigenvalue weighted by Crippen LogP contribution is 2.31. The highest BCUT2D eigenvalue weighted by molar-refractivity contribution is 5.90. The summed E-state index contributed by atoms with van der Waals surface area (Å²) in [4.78, 5) is 12.1. The topological polar surface area (TPSA) is 87.8 Å². The third-order valence-electron chi connectivity index (χ3n) is 3.18. The second-order valence-corrected chi connectivity index (χ2v) is 5.49. The number of anilines is 3. The molecule has 0 spiro atoms. The fourth-order valence-corrected chi connectivity index (χ4v) is 2.10. The lowest BCUT2D eigenvalue weighted by molar-refractivity contribution is 0.203.